The normalized spacial score (nSPS) is 11.8. The molecule has 0 saturated heterocycles. The molecule has 0 bridgehead atoms. The summed E-state index contributed by atoms with van der Waals surface area (Å²) in [6, 6.07) is 21.0. The summed E-state index contributed by atoms with van der Waals surface area (Å²) in [5, 5.41) is 12.7. The summed E-state index contributed by atoms with van der Waals surface area (Å²) >= 11 is 7.63. The van der Waals surface area contributed by atoms with Crippen LogP contribution in [0.15, 0.2) is 71.9 Å². The number of aryl methyl sites for hydroxylation is 2. The Morgan fingerprint density at radius 1 is 1.03 bits per heavy atom. The maximum absolute atomic E-state index is 13.1. The fourth-order valence-electron chi connectivity index (χ4n) is 3.65. The third-order valence-corrected chi connectivity index (χ3v) is 6.71. The largest absolute Gasteiger partial charge is 0.496 e. The summed E-state index contributed by atoms with van der Waals surface area (Å²) in [7, 11) is 1.62. The Labute approximate surface area is 208 Å². The monoisotopic (exact) mass is 492 g/mol. The number of halogens is 1. The number of rotatable bonds is 7. The zero-order valence-electron chi connectivity index (χ0n) is 19.4. The van der Waals surface area contributed by atoms with Gasteiger partial charge in [0.15, 0.2) is 11.0 Å². The number of ether oxygens (including phenoxy) is 1. The van der Waals surface area contributed by atoms with Gasteiger partial charge in [-0.25, -0.2) is 0 Å². The summed E-state index contributed by atoms with van der Waals surface area (Å²) in [6.45, 7) is 5.82. The minimum atomic E-state index is -0.424. The van der Waals surface area contributed by atoms with Crippen molar-refractivity contribution in [3.05, 3.63) is 82.9 Å². The van der Waals surface area contributed by atoms with E-state index in [2.05, 4.69) is 15.5 Å². The number of nitrogens with zero attached hydrogens (tertiary/aromatic N) is 3. The van der Waals surface area contributed by atoms with Gasteiger partial charge in [0, 0.05) is 10.7 Å². The van der Waals surface area contributed by atoms with Gasteiger partial charge in [0.05, 0.1) is 23.6 Å². The molecule has 0 spiro atoms. The standard InChI is InChI=1S/C26H25ClN4O2S/c1-16-9-7-10-17(2)23(16)28-25(32)18(3)34-26-30-29-24(21-13-5-6-14-22(21)33-4)31(26)20-12-8-11-19(27)15-20/h5-15,18H,1-4H3,(H,28,32)/t18-/m1/s1. The summed E-state index contributed by atoms with van der Waals surface area (Å²) in [5.41, 5.74) is 4.46. The number of carbonyl (C=O) groups is 1. The van der Waals surface area contributed by atoms with Crippen LogP contribution in [0.1, 0.15) is 18.1 Å². The number of aromatic nitrogens is 3. The van der Waals surface area contributed by atoms with Gasteiger partial charge in [-0.15, -0.1) is 10.2 Å². The average molecular weight is 493 g/mol. The van der Waals surface area contributed by atoms with Gasteiger partial charge >= 0.3 is 0 Å². The van der Waals surface area contributed by atoms with E-state index in [4.69, 9.17) is 16.3 Å². The van der Waals surface area contributed by atoms with Gasteiger partial charge in [-0.05, 0) is 62.2 Å². The predicted octanol–water partition coefficient (Wildman–Crippen LogP) is 6.33. The van der Waals surface area contributed by atoms with E-state index in [1.165, 1.54) is 11.8 Å². The molecular formula is C26H25ClN4O2S. The number of amides is 1. The van der Waals surface area contributed by atoms with Crippen LogP contribution in [0, 0.1) is 13.8 Å². The Kier molecular flexibility index (Phi) is 7.24. The second kappa shape index (κ2) is 10.3. The van der Waals surface area contributed by atoms with Crippen LogP contribution in [0.5, 0.6) is 5.75 Å². The van der Waals surface area contributed by atoms with Crippen LogP contribution < -0.4 is 10.1 Å². The van der Waals surface area contributed by atoms with Gasteiger partial charge in [0.1, 0.15) is 5.75 Å². The van der Waals surface area contributed by atoms with E-state index in [0.29, 0.717) is 21.8 Å². The Bertz CT molecular complexity index is 1320. The lowest BCUT2D eigenvalue weighted by Crippen LogP contribution is -2.23. The molecule has 0 aliphatic heterocycles. The van der Waals surface area contributed by atoms with Crippen LogP contribution in [0.3, 0.4) is 0 Å². The summed E-state index contributed by atoms with van der Waals surface area (Å²) < 4.78 is 7.45. The lowest BCUT2D eigenvalue weighted by atomic mass is 10.1. The number of hydrogen-bond acceptors (Lipinski definition) is 5. The molecule has 0 fully saturated rings. The summed E-state index contributed by atoms with van der Waals surface area (Å²) in [6.07, 6.45) is 0. The maximum atomic E-state index is 13.1. The van der Waals surface area contributed by atoms with E-state index in [-0.39, 0.29) is 5.91 Å². The van der Waals surface area contributed by atoms with E-state index < -0.39 is 5.25 Å². The number of thioether (sulfide) groups is 1. The molecule has 1 aromatic heterocycles. The van der Waals surface area contributed by atoms with E-state index in [1.807, 2.05) is 92.1 Å². The Morgan fingerprint density at radius 2 is 1.74 bits per heavy atom. The van der Waals surface area contributed by atoms with Crippen LogP contribution in [0.25, 0.3) is 17.1 Å². The fraction of sp³-hybridized carbons (Fsp3) is 0.192. The lowest BCUT2D eigenvalue weighted by Gasteiger charge is -2.16. The molecule has 1 N–H and O–H groups in total. The van der Waals surface area contributed by atoms with E-state index in [9.17, 15) is 4.79 Å². The highest BCUT2D eigenvalue weighted by atomic mass is 35.5. The zero-order valence-corrected chi connectivity index (χ0v) is 20.9. The van der Waals surface area contributed by atoms with Gasteiger partial charge in [0.2, 0.25) is 5.91 Å². The number of nitrogens with one attached hydrogen (secondary N) is 1. The Balaban J connectivity index is 1.71. The summed E-state index contributed by atoms with van der Waals surface area (Å²) in [4.78, 5) is 13.1. The van der Waals surface area contributed by atoms with Gasteiger partial charge in [-0.3, -0.25) is 9.36 Å². The second-order valence-corrected chi connectivity index (χ2v) is 9.58. The van der Waals surface area contributed by atoms with Crippen LogP contribution >= 0.6 is 23.4 Å². The molecule has 4 rings (SSSR count). The first-order chi connectivity index (χ1) is 16.4. The summed E-state index contributed by atoms with van der Waals surface area (Å²) in [5.74, 6) is 1.17. The maximum Gasteiger partial charge on any atom is 0.237 e. The quantitative estimate of drug-likeness (QED) is 0.305. The van der Waals surface area contributed by atoms with Gasteiger partial charge in [-0.1, -0.05) is 59.8 Å². The molecule has 1 heterocycles. The molecule has 0 aliphatic carbocycles. The molecule has 6 nitrogen and oxygen atoms in total. The zero-order chi connectivity index (χ0) is 24.2. The van der Waals surface area contributed by atoms with Gasteiger partial charge in [-0.2, -0.15) is 0 Å². The topological polar surface area (TPSA) is 69.0 Å². The van der Waals surface area contributed by atoms with Crippen molar-refractivity contribution in [2.75, 3.05) is 12.4 Å². The number of benzene rings is 3. The lowest BCUT2D eigenvalue weighted by molar-refractivity contribution is -0.115. The van der Waals surface area contributed by atoms with Crippen LogP contribution in [0.4, 0.5) is 5.69 Å². The third kappa shape index (κ3) is 4.95. The van der Waals surface area contributed by atoms with Gasteiger partial charge < -0.3 is 10.1 Å². The van der Waals surface area contributed by atoms with Crippen molar-refractivity contribution < 1.29 is 9.53 Å². The highest BCUT2D eigenvalue weighted by Crippen LogP contribution is 2.35. The smallest absolute Gasteiger partial charge is 0.237 e. The average Bonchev–Trinajstić information content (AvgIpc) is 3.24. The molecule has 0 radical (unpaired) electrons. The first kappa shape index (κ1) is 23.9. The van der Waals surface area contributed by atoms with Crippen molar-refractivity contribution in [1.29, 1.82) is 0 Å². The SMILES string of the molecule is COc1ccccc1-c1nnc(S[C@H](C)C(=O)Nc2c(C)cccc2C)n1-c1cccc(Cl)c1. The molecular weight excluding hydrogens is 468 g/mol. The van der Waals surface area contributed by atoms with Crippen molar-refractivity contribution in [1.82, 2.24) is 14.8 Å². The number of anilines is 1. The third-order valence-electron chi connectivity index (χ3n) is 5.43. The number of methoxy groups -OCH3 is 1. The number of para-hydroxylation sites is 2. The molecule has 0 saturated carbocycles. The molecule has 4 aromatic rings. The molecule has 8 heteroatoms. The minimum Gasteiger partial charge on any atom is -0.496 e. The second-order valence-electron chi connectivity index (χ2n) is 7.84. The van der Waals surface area contributed by atoms with Gasteiger partial charge in [0.25, 0.3) is 0 Å². The van der Waals surface area contributed by atoms with Crippen LogP contribution in [-0.2, 0) is 4.79 Å². The molecule has 0 aliphatic rings. The molecule has 3 aromatic carbocycles. The molecule has 1 amide bonds. The van der Waals surface area contributed by atoms with Crippen LogP contribution in [0.2, 0.25) is 5.02 Å². The number of hydrogen-bond donors (Lipinski definition) is 1. The van der Waals surface area contributed by atoms with Crippen molar-refractivity contribution in [2.24, 2.45) is 0 Å². The fourth-order valence-corrected chi connectivity index (χ4v) is 4.70. The first-order valence-corrected chi connectivity index (χ1v) is 12.0. The Hall–Kier alpha value is -3.29. The molecule has 174 valence electrons. The molecule has 1 atom stereocenters. The van der Waals surface area contributed by atoms with Crippen LogP contribution in [-0.4, -0.2) is 33.0 Å². The predicted molar refractivity (Wildman–Crippen MR) is 138 cm³/mol. The van der Waals surface area contributed by atoms with E-state index in [0.717, 1.165) is 28.1 Å². The minimum absolute atomic E-state index is 0.109. The highest BCUT2D eigenvalue weighted by molar-refractivity contribution is 8.00. The molecule has 34 heavy (non-hydrogen) atoms. The van der Waals surface area contributed by atoms with Crippen molar-refractivity contribution in [3.8, 4) is 22.8 Å². The first-order valence-electron chi connectivity index (χ1n) is 10.8. The highest BCUT2D eigenvalue weighted by Gasteiger charge is 2.24. The van der Waals surface area contributed by atoms with E-state index >= 15 is 0 Å². The van der Waals surface area contributed by atoms with E-state index in [1.54, 1.807) is 7.11 Å². The molecule has 0 unspecified atom stereocenters. The Morgan fingerprint density at radius 3 is 2.44 bits per heavy atom. The number of carbonyl (C=O) groups excluding carboxylic acids is 1. The van der Waals surface area contributed by atoms with Crippen molar-refractivity contribution in [3.63, 3.8) is 0 Å². The van der Waals surface area contributed by atoms with Crippen molar-refractivity contribution >= 4 is 35.0 Å². The van der Waals surface area contributed by atoms with Crippen molar-refractivity contribution in [2.45, 2.75) is 31.2 Å².